The van der Waals surface area contributed by atoms with Crippen LogP contribution in [-0.4, -0.2) is 18.3 Å². The van der Waals surface area contributed by atoms with E-state index in [0.717, 1.165) is 6.42 Å². The van der Waals surface area contributed by atoms with Crippen LogP contribution in [0.1, 0.15) is 51.3 Å². The summed E-state index contributed by atoms with van der Waals surface area (Å²) in [5.74, 6) is 0.684. The highest BCUT2D eigenvalue weighted by molar-refractivity contribution is 7.13. The first-order valence-electron chi connectivity index (χ1n) is 7.07. The van der Waals surface area contributed by atoms with E-state index in [0.29, 0.717) is 5.92 Å². The molecule has 0 radical (unpaired) electrons. The Labute approximate surface area is 121 Å². The van der Waals surface area contributed by atoms with Crippen LogP contribution in [0.2, 0.25) is 0 Å². The molecule has 0 N–H and O–H groups in total. The first kappa shape index (κ1) is 15.1. The van der Waals surface area contributed by atoms with Crippen molar-refractivity contribution < 1.29 is 9.31 Å². The molecule has 0 unspecified atom stereocenters. The lowest BCUT2D eigenvalue weighted by molar-refractivity contribution is 0.00578. The maximum Gasteiger partial charge on any atom is 0.495 e. The van der Waals surface area contributed by atoms with Crippen LogP contribution in [0.25, 0.3) is 0 Å². The van der Waals surface area contributed by atoms with Crippen molar-refractivity contribution in [1.29, 1.82) is 0 Å². The third-order valence-corrected chi connectivity index (χ3v) is 5.21. The Kier molecular flexibility index (Phi) is 3.89. The topological polar surface area (TPSA) is 18.5 Å². The third-order valence-electron chi connectivity index (χ3n) is 4.12. The van der Waals surface area contributed by atoms with Gasteiger partial charge >= 0.3 is 7.12 Å². The summed E-state index contributed by atoms with van der Waals surface area (Å²) in [4.78, 5) is 2.74. The predicted octanol–water partition coefficient (Wildman–Crippen LogP) is 3.55. The van der Waals surface area contributed by atoms with Crippen LogP contribution in [0.5, 0.6) is 0 Å². The van der Waals surface area contributed by atoms with Gasteiger partial charge in [-0.15, -0.1) is 11.3 Å². The molecule has 4 heteroatoms. The average Bonchev–Trinajstić information content (AvgIpc) is 2.64. The van der Waals surface area contributed by atoms with Crippen molar-refractivity contribution in [2.45, 2.75) is 66.1 Å². The lowest BCUT2D eigenvalue weighted by atomic mass is 9.79. The van der Waals surface area contributed by atoms with E-state index in [9.17, 15) is 0 Å². The van der Waals surface area contributed by atoms with Gasteiger partial charge in [-0.1, -0.05) is 13.8 Å². The van der Waals surface area contributed by atoms with Crippen LogP contribution in [0.4, 0.5) is 0 Å². The van der Waals surface area contributed by atoms with E-state index in [1.165, 1.54) is 15.2 Å². The van der Waals surface area contributed by atoms with Gasteiger partial charge in [0.15, 0.2) is 0 Å². The zero-order valence-electron chi connectivity index (χ0n) is 13.2. The Morgan fingerprint density at radius 3 is 2.16 bits per heavy atom. The summed E-state index contributed by atoms with van der Waals surface area (Å²) in [7, 11) is -0.220. The highest BCUT2D eigenvalue weighted by Crippen LogP contribution is 2.37. The third kappa shape index (κ3) is 2.91. The van der Waals surface area contributed by atoms with Crippen LogP contribution in [0.3, 0.4) is 0 Å². The molecule has 0 spiro atoms. The number of hydrogen-bond donors (Lipinski definition) is 0. The second-order valence-electron chi connectivity index (χ2n) is 6.91. The van der Waals surface area contributed by atoms with Gasteiger partial charge in [-0.2, -0.15) is 0 Å². The molecule has 0 amide bonds. The summed E-state index contributed by atoms with van der Waals surface area (Å²) >= 11 is 1.87. The van der Waals surface area contributed by atoms with Crippen molar-refractivity contribution in [3.05, 3.63) is 15.8 Å². The molecule has 1 saturated heterocycles. The van der Waals surface area contributed by atoms with Crippen molar-refractivity contribution in [3.8, 4) is 0 Å². The standard InChI is InChI=1S/C15H25BO2S/c1-10(2)8-12-9-13(11(3)19-12)16-17-14(4,5)15(6,7)18-16/h9-10H,8H2,1-7H3. The fourth-order valence-corrected chi connectivity index (χ4v) is 3.54. The van der Waals surface area contributed by atoms with Gasteiger partial charge in [0.2, 0.25) is 0 Å². The monoisotopic (exact) mass is 280 g/mol. The first-order chi connectivity index (χ1) is 8.62. The zero-order chi connectivity index (χ0) is 14.4. The Morgan fingerprint density at radius 1 is 1.16 bits per heavy atom. The van der Waals surface area contributed by atoms with Gasteiger partial charge in [0, 0.05) is 9.75 Å². The van der Waals surface area contributed by atoms with Crippen molar-refractivity contribution in [2.75, 3.05) is 0 Å². The molecule has 2 heterocycles. The van der Waals surface area contributed by atoms with Crippen LogP contribution >= 0.6 is 11.3 Å². The quantitative estimate of drug-likeness (QED) is 0.788. The molecule has 19 heavy (non-hydrogen) atoms. The molecule has 0 aromatic carbocycles. The van der Waals surface area contributed by atoms with E-state index in [4.69, 9.17) is 9.31 Å². The minimum Gasteiger partial charge on any atom is -0.399 e. The molecule has 1 aliphatic rings. The molecule has 0 aliphatic carbocycles. The fourth-order valence-electron chi connectivity index (χ4n) is 2.27. The van der Waals surface area contributed by atoms with Gasteiger partial charge in [0.05, 0.1) is 11.2 Å². The lowest BCUT2D eigenvalue weighted by Gasteiger charge is -2.32. The van der Waals surface area contributed by atoms with Gasteiger partial charge in [-0.3, -0.25) is 0 Å². The Bertz CT molecular complexity index is 447. The minimum absolute atomic E-state index is 0.220. The zero-order valence-corrected chi connectivity index (χ0v) is 14.0. The normalized spacial score (nSPS) is 21.4. The molecule has 2 rings (SSSR count). The van der Waals surface area contributed by atoms with Crippen molar-refractivity contribution >= 4 is 23.9 Å². The molecule has 1 aliphatic heterocycles. The van der Waals surface area contributed by atoms with E-state index in [1.807, 2.05) is 11.3 Å². The second-order valence-corrected chi connectivity index (χ2v) is 8.25. The van der Waals surface area contributed by atoms with Gasteiger partial charge in [-0.25, -0.2) is 0 Å². The van der Waals surface area contributed by atoms with Gasteiger partial charge in [-0.05, 0) is 58.5 Å². The molecular formula is C15H25BO2S. The molecule has 0 saturated carbocycles. The highest BCUT2D eigenvalue weighted by Gasteiger charge is 2.52. The molecule has 1 aromatic rings. The van der Waals surface area contributed by atoms with Gasteiger partial charge < -0.3 is 9.31 Å². The molecule has 1 fully saturated rings. The number of thiophene rings is 1. The van der Waals surface area contributed by atoms with E-state index in [1.54, 1.807) is 0 Å². The minimum atomic E-state index is -0.260. The van der Waals surface area contributed by atoms with Crippen LogP contribution in [0, 0.1) is 12.8 Å². The Balaban J connectivity index is 2.22. The first-order valence-corrected chi connectivity index (χ1v) is 7.89. The predicted molar refractivity (Wildman–Crippen MR) is 83.3 cm³/mol. The van der Waals surface area contributed by atoms with Crippen molar-refractivity contribution in [2.24, 2.45) is 5.92 Å². The smallest absolute Gasteiger partial charge is 0.399 e. The number of hydrogen-bond acceptors (Lipinski definition) is 3. The lowest BCUT2D eigenvalue weighted by Crippen LogP contribution is -2.41. The largest absolute Gasteiger partial charge is 0.495 e. The fraction of sp³-hybridized carbons (Fsp3) is 0.733. The van der Waals surface area contributed by atoms with Crippen LogP contribution in [-0.2, 0) is 15.7 Å². The summed E-state index contributed by atoms with van der Waals surface area (Å²) in [6, 6.07) is 2.27. The van der Waals surface area contributed by atoms with E-state index in [-0.39, 0.29) is 18.3 Å². The molecular weight excluding hydrogens is 255 g/mol. The van der Waals surface area contributed by atoms with E-state index < -0.39 is 0 Å². The maximum atomic E-state index is 6.13. The van der Waals surface area contributed by atoms with Gasteiger partial charge in [0.1, 0.15) is 0 Å². The Morgan fingerprint density at radius 2 is 1.68 bits per heavy atom. The Hall–Kier alpha value is -0.315. The summed E-state index contributed by atoms with van der Waals surface area (Å²) in [5.41, 5.74) is 0.688. The molecule has 2 nitrogen and oxygen atoms in total. The second kappa shape index (κ2) is 4.90. The molecule has 0 atom stereocenters. The summed E-state index contributed by atoms with van der Waals surface area (Å²) < 4.78 is 12.3. The average molecular weight is 280 g/mol. The summed E-state index contributed by atoms with van der Waals surface area (Å²) in [6.45, 7) is 15.1. The van der Waals surface area contributed by atoms with Crippen molar-refractivity contribution in [3.63, 3.8) is 0 Å². The highest BCUT2D eigenvalue weighted by atomic mass is 32.1. The van der Waals surface area contributed by atoms with E-state index >= 15 is 0 Å². The van der Waals surface area contributed by atoms with Crippen molar-refractivity contribution in [1.82, 2.24) is 0 Å². The van der Waals surface area contributed by atoms with Gasteiger partial charge in [0.25, 0.3) is 0 Å². The molecule has 106 valence electrons. The summed E-state index contributed by atoms with van der Waals surface area (Å²) in [5, 5.41) is 0. The molecule has 0 bridgehead atoms. The number of aryl methyl sites for hydroxylation is 1. The van der Waals surface area contributed by atoms with Crippen LogP contribution in [0.15, 0.2) is 6.07 Å². The number of rotatable bonds is 3. The SMILES string of the molecule is Cc1sc(CC(C)C)cc1B1OC(C)(C)C(C)(C)O1. The maximum absolute atomic E-state index is 6.13. The van der Waals surface area contributed by atoms with Crippen LogP contribution < -0.4 is 5.46 Å². The summed E-state index contributed by atoms with van der Waals surface area (Å²) in [6.07, 6.45) is 1.13. The van der Waals surface area contributed by atoms with E-state index in [2.05, 4.69) is 54.5 Å². The molecule has 1 aromatic heterocycles.